The van der Waals surface area contributed by atoms with E-state index in [-0.39, 0.29) is 6.17 Å². The van der Waals surface area contributed by atoms with Gasteiger partial charge in [0.1, 0.15) is 12.0 Å². The Bertz CT molecular complexity index is 3140. The molecule has 4 heteroatoms. The number of nitrogens with zero attached hydrogens (tertiary/aromatic N) is 3. The first-order chi connectivity index (χ1) is 27.2. The van der Waals surface area contributed by atoms with Crippen molar-refractivity contribution in [3.63, 3.8) is 0 Å². The predicted molar refractivity (Wildman–Crippen MR) is 231 cm³/mol. The Morgan fingerprint density at radius 2 is 1.07 bits per heavy atom. The molecule has 10 aromatic rings. The summed E-state index contributed by atoms with van der Waals surface area (Å²) in [6, 6.07) is 69.4. The molecule has 9 aromatic carbocycles. The Balaban J connectivity index is 1.03. The first kappa shape index (κ1) is 31.2. The average molecular weight is 703 g/mol. The molecule has 2 heterocycles. The largest absolute Gasteiger partial charge is 0.344 e. The van der Waals surface area contributed by atoms with E-state index in [2.05, 4.69) is 204 Å². The van der Waals surface area contributed by atoms with Gasteiger partial charge in [-0.3, -0.25) is 0 Å². The number of fused-ring (bicyclic) bond motifs is 6. The molecule has 0 bridgehead atoms. The average Bonchev–Trinajstić information content (AvgIpc) is 3.60. The minimum Gasteiger partial charge on any atom is -0.344 e. The standard InChI is InChI=1S/C51H34N4/c1-2-12-35(13-3-1)43-18-10-15-37-30-40(26-28-44(37)43)51-53-49(38-23-21-33-11-4-5-14-36(33)29-38)52-50(54-51)39-24-22-34-25-27-42(32-41(34)31-39)55-47-19-8-6-16-45(47)46-17-7-9-20-48(46)55/h1-32,50H,(H,52,53,54). The van der Waals surface area contributed by atoms with Crippen molar-refractivity contribution in [2.75, 3.05) is 0 Å². The molecule has 0 radical (unpaired) electrons. The molecule has 258 valence electrons. The topological polar surface area (TPSA) is 41.7 Å². The van der Waals surface area contributed by atoms with Crippen LogP contribution in [-0.4, -0.2) is 16.2 Å². The van der Waals surface area contributed by atoms with Crippen LogP contribution >= 0.6 is 0 Å². The molecule has 1 aliphatic heterocycles. The minimum absolute atomic E-state index is 0.346. The molecule has 0 fully saturated rings. The van der Waals surface area contributed by atoms with E-state index in [1.165, 1.54) is 49.1 Å². The van der Waals surface area contributed by atoms with Crippen molar-refractivity contribution in [2.24, 2.45) is 9.98 Å². The van der Waals surface area contributed by atoms with Crippen molar-refractivity contribution in [1.29, 1.82) is 0 Å². The lowest BCUT2D eigenvalue weighted by molar-refractivity contribution is 0.675. The van der Waals surface area contributed by atoms with Crippen molar-refractivity contribution in [3.8, 4) is 16.8 Å². The van der Waals surface area contributed by atoms with Gasteiger partial charge < -0.3 is 9.88 Å². The smallest absolute Gasteiger partial charge is 0.159 e. The van der Waals surface area contributed by atoms with Crippen molar-refractivity contribution in [2.45, 2.75) is 6.17 Å². The molecule has 1 unspecified atom stereocenters. The van der Waals surface area contributed by atoms with Crippen LogP contribution in [0.5, 0.6) is 0 Å². The second-order valence-electron chi connectivity index (χ2n) is 14.3. The summed E-state index contributed by atoms with van der Waals surface area (Å²) < 4.78 is 2.37. The van der Waals surface area contributed by atoms with Crippen molar-refractivity contribution in [3.05, 3.63) is 211 Å². The number of hydrogen-bond acceptors (Lipinski definition) is 3. The van der Waals surface area contributed by atoms with E-state index in [1.54, 1.807) is 0 Å². The van der Waals surface area contributed by atoms with Crippen molar-refractivity contribution < 1.29 is 0 Å². The molecular weight excluding hydrogens is 669 g/mol. The molecular formula is C51H34N4. The van der Waals surface area contributed by atoms with Gasteiger partial charge in [-0.1, -0.05) is 152 Å². The molecule has 1 aliphatic rings. The first-order valence-corrected chi connectivity index (χ1v) is 18.8. The number of nitrogens with one attached hydrogen (secondary N) is 1. The van der Waals surface area contributed by atoms with Gasteiger partial charge in [-0.05, 0) is 91.5 Å². The fourth-order valence-electron chi connectivity index (χ4n) is 8.29. The highest BCUT2D eigenvalue weighted by molar-refractivity contribution is 6.15. The number of benzene rings is 9. The summed E-state index contributed by atoms with van der Waals surface area (Å²) in [5.74, 6) is 1.51. The summed E-state index contributed by atoms with van der Waals surface area (Å²) in [5.41, 5.74) is 9.04. The van der Waals surface area contributed by atoms with Crippen LogP contribution in [0.2, 0.25) is 0 Å². The van der Waals surface area contributed by atoms with Gasteiger partial charge in [-0.15, -0.1) is 0 Å². The summed E-state index contributed by atoms with van der Waals surface area (Å²) in [7, 11) is 0. The molecule has 11 rings (SSSR count). The molecule has 0 saturated heterocycles. The van der Waals surface area contributed by atoms with Gasteiger partial charge in [0.05, 0.1) is 11.0 Å². The van der Waals surface area contributed by atoms with Crippen molar-refractivity contribution in [1.82, 2.24) is 9.88 Å². The third-order valence-electron chi connectivity index (χ3n) is 11.0. The molecule has 0 saturated carbocycles. The van der Waals surface area contributed by atoms with Crippen LogP contribution in [0.25, 0.3) is 70.9 Å². The fourth-order valence-corrected chi connectivity index (χ4v) is 8.29. The Hall–Kier alpha value is -7.30. The number of amidine groups is 2. The number of para-hydroxylation sites is 2. The monoisotopic (exact) mass is 702 g/mol. The quantitative estimate of drug-likeness (QED) is 0.191. The summed E-state index contributed by atoms with van der Waals surface area (Å²) in [6.45, 7) is 0. The molecule has 1 aromatic heterocycles. The lowest BCUT2D eigenvalue weighted by Crippen LogP contribution is -2.33. The lowest BCUT2D eigenvalue weighted by atomic mass is 9.96. The SMILES string of the molecule is c1ccc(-c2cccc3cc(C4=NC(c5ccc6ccccc6c5)=NC(c5ccc6ccc(-n7c8ccccc8c8ccccc87)cc6c5)N4)ccc23)cc1. The van der Waals surface area contributed by atoms with Crippen LogP contribution in [0.4, 0.5) is 0 Å². The maximum atomic E-state index is 5.29. The van der Waals surface area contributed by atoms with E-state index in [4.69, 9.17) is 9.98 Å². The van der Waals surface area contributed by atoms with Crippen LogP contribution in [-0.2, 0) is 0 Å². The van der Waals surface area contributed by atoms with Crippen LogP contribution in [0.3, 0.4) is 0 Å². The van der Waals surface area contributed by atoms with Gasteiger partial charge in [0, 0.05) is 27.6 Å². The van der Waals surface area contributed by atoms with Gasteiger partial charge in [-0.2, -0.15) is 0 Å². The third kappa shape index (κ3) is 5.38. The number of hydrogen-bond donors (Lipinski definition) is 1. The first-order valence-electron chi connectivity index (χ1n) is 18.8. The van der Waals surface area contributed by atoms with Crippen molar-refractivity contribution >= 4 is 65.8 Å². The lowest BCUT2D eigenvalue weighted by Gasteiger charge is -2.24. The highest BCUT2D eigenvalue weighted by Crippen LogP contribution is 2.35. The molecule has 1 N–H and O–H groups in total. The summed E-state index contributed by atoms with van der Waals surface area (Å²) in [4.78, 5) is 10.5. The maximum Gasteiger partial charge on any atom is 0.159 e. The zero-order valence-electron chi connectivity index (χ0n) is 29.9. The Labute approximate surface area is 318 Å². The van der Waals surface area contributed by atoms with Gasteiger partial charge >= 0.3 is 0 Å². The van der Waals surface area contributed by atoms with E-state index in [0.29, 0.717) is 5.84 Å². The zero-order valence-corrected chi connectivity index (χ0v) is 29.9. The summed E-state index contributed by atoms with van der Waals surface area (Å²) >= 11 is 0. The van der Waals surface area contributed by atoms with E-state index in [9.17, 15) is 0 Å². The van der Waals surface area contributed by atoms with Crippen LogP contribution in [0, 0.1) is 0 Å². The Morgan fingerprint density at radius 3 is 1.91 bits per heavy atom. The fraction of sp³-hybridized carbons (Fsp3) is 0.0196. The maximum absolute atomic E-state index is 5.29. The van der Waals surface area contributed by atoms with Gasteiger partial charge in [-0.25, -0.2) is 9.98 Å². The second-order valence-corrected chi connectivity index (χ2v) is 14.3. The van der Waals surface area contributed by atoms with E-state index >= 15 is 0 Å². The highest BCUT2D eigenvalue weighted by Gasteiger charge is 2.22. The van der Waals surface area contributed by atoms with Crippen LogP contribution < -0.4 is 5.32 Å². The van der Waals surface area contributed by atoms with Gasteiger partial charge in [0.15, 0.2) is 5.84 Å². The molecule has 0 amide bonds. The van der Waals surface area contributed by atoms with Crippen LogP contribution in [0.15, 0.2) is 204 Å². The Kier molecular flexibility index (Phi) is 7.20. The number of aromatic nitrogens is 1. The van der Waals surface area contributed by atoms with E-state index < -0.39 is 0 Å². The van der Waals surface area contributed by atoms with Gasteiger partial charge in [0.25, 0.3) is 0 Å². The third-order valence-corrected chi connectivity index (χ3v) is 11.0. The normalized spacial score (nSPS) is 14.4. The molecule has 0 spiro atoms. The summed E-state index contributed by atoms with van der Waals surface area (Å²) in [5, 5.41) is 13.3. The van der Waals surface area contributed by atoms with E-state index in [1.807, 2.05) is 0 Å². The van der Waals surface area contributed by atoms with Crippen LogP contribution in [0.1, 0.15) is 22.9 Å². The second kappa shape index (κ2) is 12.7. The number of aliphatic imine (C=N–C) groups is 2. The highest BCUT2D eigenvalue weighted by atomic mass is 15.2. The molecule has 4 nitrogen and oxygen atoms in total. The minimum atomic E-state index is -0.346. The van der Waals surface area contributed by atoms with Gasteiger partial charge in [0.2, 0.25) is 0 Å². The number of rotatable bonds is 5. The molecule has 1 atom stereocenters. The molecule has 55 heavy (non-hydrogen) atoms. The Morgan fingerprint density at radius 1 is 0.418 bits per heavy atom. The zero-order chi connectivity index (χ0) is 36.3. The predicted octanol–water partition coefficient (Wildman–Crippen LogP) is 12.4. The molecule has 0 aliphatic carbocycles. The van der Waals surface area contributed by atoms with E-state index in [0.717, 1.165) is 44.4 Å². The summed E-state index contributed by atoms with van der Waals surface area (Å²) in [6.07, 6.45) is -0.346.